The molecule has 0 amide bonds. The topological polar surface area (TPSA) is 24.9 Å². The maximum Gasteiger partial charge on any atom is 0.446 e. The van der Waals surface area contributed by atoms with E-state index in [4.69, 9.17) is 0 Å². The molecule has 0 fully saturated rings. The van der Waals surface area contributed by atoms with Crippen LogP contribution in [0.2, 0.25) is 0 Å². The monoisotopic (exact) mass is 304 g/mol. The van der Waals surface area contributed by atoms with Crippen molar-refractivity contribution in [2.75, 3.05) is 5.32 Å². The van der Waals surface area contributed by atoms with Gasteiger partial charge in [0, 0.05) is 15.5 Å². The fourth-order valence-electron chi connectivity index (χ4n) is 1.50. The zero-order valence-corrected chi connectivity index (χ0v) is 11.6. The van der Waals surface area contributed by atoms with Crippen molar-refractivity contribution in [1.29, 1.82) is 0 Å². The third-order valence-corrected chi connectivity index (χ3v) is 4.14. The van der Waals surface area contributed by atoms with Crippen molar-refractivity contribution in [1.82, 2.24) is 4.98 Å². The molecule has 2 nitrogen and oxygen atoms in total. The molecule has 0 aliphatic carbocycles. The fraction of sp³-hybridized carbons (Fsp3) is 0.250. The van der Waals surface area contributed by atoms with Gasteiger partial charge in [-0.2, -0.15) is 13.2 Å². The number of hydrogen-bond acceptors (Lipinski definition) is 4. The number of anilines is 1. The minimum absolute atomic E-state index is 0.106. The SMILES string of the molecule is Cc1ncsc1CNc1ccccc1SC(F)(F)F. The second kappa shape index (κ2) is 5.83. The first-order valence-electron chi connectivity index (χ1n) is 5.43. The van der Waals surface area contributed by atoms with E-state index in [1.54, 1.807) is 23.7 Å². The number of thiazole rings is 1. The van der Waals surface area contributed by atoms with E-state index in [1.165, 1.54) is 17.4 Å². The van der Waals surface area contributed by atoms with Crippen LogP contribution in [0.3, 0.4) is 0 Å². The van der Waals surface area contributed by atoms with Crippen LogP contribution in [0, 0.1) is 6.92 Å². The Morgan fingerprint density at radius 2 is 2.05 bits per heavy atom. The number of halogens is 3. The van der Waals surface area contributed by atoms with Gasteiger partial charge in [-0.1, -0.05) is 12.1 Å². The number of nitrogens with one attached hydrogen (secondary N) is 1. The molecule has 1 N–H and O–H groups in total. The van der Waals surface area contributed by atoms with Gasteiger partial charge >= 0.3 is 5.51 Å². The lowest BCUT2D eigenvalue weighted by Crippen LogP contribution is -2.04. The lowest BCUT2D eigenvalue weighted by atomic mass is 10.3. The minimum Gasteiger partial charge on any atom is -0.379 e. The second-order valence-electron chi connectivity index (χ2n) is 3.76. The first kappa shape index (κ1) is 14.2. The molecule has 0 bridgehead atoms. The van der Waals surface area contributed by atoms with Gasteiger partial charge in [0.05, 0.1) is 17.7 Å². The maximum absolute atomic E-state index is 12.4. The highest BCUT2D eigenvalue weighted by atomic mass is 32.2. The Hall–Kier alpha value is -1.21. The van der Waals surface area contributed by atoms with Gasteiger partial charge in [-0.3, -0.25) is 0 Å². The van der Waals surface area contributed by atoms with Crippen LogP contribution in [0.4, 0.5) is 18.9 Å². The second-order valence-corrected chi connectivity index (χ2v) is 5.80. The molecule has 1 aromatic carbocycles. The highest BCUT2D eigenvalue weighted by molar-refractivity contribution is 8.00. The van der Waals surface area contributed by atoms with Crippen LogP contribution in [0.25, 0.3) is 0 Å². The molecule has 2 rings (SSSR count). The number of benzene rings is 1. The molecule has 0 radical (unpaired) electrons. The van der Waals surface area contributed by atoms with E-state index < -0.39 is 5.51 Å². The highest BCUT2D eigenvalue weighted by Gasteiger charge is 2.30. The number of rotatable bonds is 4. The van der Waals surface area contributed by atoms with E-state index >= 15 is 0 Å². The van der Waals surface area contributed by atoms with Gasteiger partial charge in [-0.25, -0.2) is 4.98 Å². The predicted octanol–water partition coefficient (Wildman–Crippen LogP) is 4.68. The van der Waals surface area contributed by atoms with Gasteiger partial charge in [0.1, 0.15) is 0 Å². The van der Waals surface area contributed by atoms with Crippen LogP contribution in [0.1, 0.15) is 10.6 Å². The molecule has 0 unspecified atom stereocenters. The van der Waals surface area contributed by atoms with Gasteiger partial charge in [0.25, 0.3) is 0 Å². The van der Waals surface area contributed by atoms with E-state index in [9.17, 15) is 13.2 Å². The van der Waals surface area contributed by atoms with Crippen molar-refractivity contribution in [2.24, 2.45) is 0 Å². The van der Waals surface area contributed by atoms with Crippen LogP contribution < -0.4 is 5.32 Å². The third kappa shape index (κ3) is 4.14. The van der Waals surface area contributed by atoms with Crippen LogP contribution in [-0.2, 0) is 6.54 Å². The highest BCUT2D eigenvalue weighted by Crippen LogP contribution is 2.40. The Labute approximate surface area is 117 Å². The Kier molecular flexibility index (Phi) is 4.36. The summed E-state index contributed by atoms with van der Waals surface area (Å²) >= 11 is 1.38. The molecule has 0 aliphatic rings. The van der Waals surface area contributed by atoms with Crippen LogP contribution in [0.5, 0.6) is 0 Å². The average Bonchev–Trinajstić information content (AvgIpc) is 2.72. The first-order valence-corrected chi connectivity index (χ1v) is 7.13. The Morgan fingerprint density at radius 3 is 2.68 bits per heavy atom. The van der Waals surface area contributed by atoms with Gasteiger partial charge in [0.2, 0.25) is 0 Å². The lowest BCUT2D eigenvalue weighted by molar-refractivity contribution is -0.0327. The van der Waals surface area contributed by atoms with E-state index in [-0.39, 0.29) is 16.7 Å². The molecule has 0 saturated heterocycles. The largest absolute Gasteiger partial charge is 0.446 e. The molecule has 2 aromatic rings. The number of hydrogen-bond donors (Lipinski definition) is 1. The summed E-state index contributed by atoms with van der Waals surface area (Å²) in [6, 6.07) is 6.41. The summed E-state index contributed by atoms with van der Waals surface area (Å²) < 4.78 is 37.3. The zero-order valence-electron chi connectivity index (χ0n) is 9.99. The van der Waals surface area contributed by atoms with Crippen molar-refractivity contribution in [3.63, 3.8) is 0 Å². The average molecular weight is 304 g/mol. The Bertz CT molecular complexity index is 552. The number of para-hydroxylation sites is 1. The maximum atomic E-state index is 12.4. The summed E-state index contributed by atoms with van der Waals surface area (Å²) in [5.74, 6) is 0. The summed E-state index contributed by atoms with van der Waals surface area (Å²) in [4.78, 5) is 5.30. The van der Waals surface area contributed by atoms with Gasteiger partial charge < -0.3 is 5.32 Å². The smallest absolute Gasteiger partial charge is 0.379 e. The summed E-state index contributed by atoms with van der Waals surface area (Å²) in [6.45, 7) is 2.36. The number of alkyl halides is 3. The third-order valence-electron chi connectivity index (χ3n) is 2.40. The van der Waals surface area contributed by atoms with Crippen molar-refractivity contribution in [3.8, 4) is 0 Å². The molecular formula is C12H11F3N2S2. The molecule has 102 valence electrons. The summed E-state index contributed by atoms with van der Waals surface area (Å²) in [5, 5.41) is 3.03. The molecule has 19 heavy (non-hydrogen) atoms. The number of aryl methyl sites for hydroxylation is 1. The Balaban J connectivity index is 2.10. The standard InChI is InChI=1S/C12H11F3N2S2/c1-8-11(18-7-17-8)6-16-9-4-2-3-5-10(9)19-12(13,14)15/h2-5,7,16H,6H2,1H3. The number of aromatic nitrogens is 1. The molecule has 0 atom stereocenters. The van der Waals surface area contributed by atoms with Gasteiger partial charge in [-0.05, 0) is 30.8 Å². The predicted molar refractivity (Wildman–Crippen MR) is 72.5 cm³/mol. The van der Waals surface area contributed by atoms with Gasteiger partial charge in [-0.15, -0.1) is 11.3 Å². The van der Waals surface area contributed by atoms with E-state index in [0.717, 1.165) is 10.6 Å². The first-order chi connectivity index (χ1) is 8.96. The van der Waals surface area contributed by atoms with Crippen molar-refractivity contribution in [2.45, 2.75) is 23.9 Å². The summed E-state index contributed by atoms with van der Waals surface area (Å²) in [7, 11) is 0. The number of thioether (sulfide) groups is 1. The number of nitrogens with zero attached hydrogens (tertiary/aromatic N) is 1. The Morgan fingerprint density at radius 1 is 1.32 bits per heavy atom. The minimum atomic E-state index is -4.28. The lowest BCUT2D eigenvalue weighted by Gasteiger charge is -2.12. The van der Waals surface area contributed by atoms with Crippen molar-refractivity contribution < 1.29 is 13.2 Å². The van der Waals surface area contributed by atoms with Crippen LogP contribution >= 0.6 is 23.1 Å². The zero-order chi connectivity index (χ0) is 13.9. The molecule has 0 spiro atoms. The molecule has 0 saturated carbocycles. The molecular weight excluding hydrogens is 293 g/mol. The fourth-order valence-corrected chi connectivity index (χ4v) is 2.86. The van der Waals surface area contributed by atoms with Crippen molar-refractivity contribution in [3.05, 3.63) is 40.3 Å². The van der Waals surface area contributed by atoms with E-state index in [2.05, 4.69) is 10.3 Å². The molecule has 0 aliphatic heterocycles. The van der Waals surface area contributed by atoms with E-state index in [1.807, 2.05) is 6.92 Å². The summed E-state index contributed by atoms with van der Waals surface area (Å²) in [5.41, 5.74) is -1.17. The van der Waals surface area contributed by atoms with Crippen LogP contribution in [0.15, 0.2) is 34.7 Å². The van der Waals surface area contributed by atoms with E-state index in [0.29, 0.717) is 12.2 Å². The van der Waals surface area contributed by atoms with Crippen molar-refractivity contribution >= 4 is 28.8 Å². The quantitative estimate of drug-likeness (QED) is 0.831. The van der Waals surface area contributed by atoms with Crippen LogP contribution in [-0.4, -0.2) is 10.5 Å². The summed E-state index contributed by atoms with van der Waals surface area (Å²) in [6.07, 6.45) is 0. The molecule has 7 heteroatoms. The molecule has 1 heterocycles. The van der Waals surface area contributed by atoms with Gasteiger partial charge in [0.15, 0.2) is 0 Å². The molecule has 1 aromatic heterocycles. The normalized spacial score (nSPS) is 11.6.